The van der Waals surface area contributed by atoms with E-state index in [-0.39, 0.29) is 5.54 Å². The highest BCUT2D eigenvalue weighted by Crippen LogP contribution is 2.33. The van der Waals surface area contributed by atoms with Gasteiger partial charge < -0.3 is 10.6 Å². The largest absolute Gasteiger partial charge is 0.324 e. The van der Waals surface area contributed by atoms with Crippen molar-refractivity contribution in [3.8, 4) is 0 Å². The van der Waals surface area contributed by atoms with E-state index in [9.17, 15) is 0 Å². The Bertz CT molecular complexity index is 207. The monoisotopic (exact) mass is 210 g/mol. The summed E-state index contributed by atoms with van der Waals surface area (Å²) < 4.78 is 0. The maximum atomic E-state index is 6.42. The lowest BCUT2D eigenvalue weighted by Gasteiger charge is -2.40. The van der Waals surface area contributed by atoms with Crippen LogP contribution in [0.5, 0.6) is 0 Å². The van der Waals surface area contributed by atoms with Crippen LogP contribution in [0.25, 0.3) is 0 Å². The first-order chi connectivity index (χ1) is 6.99. The van der Waals surface area contributed by atoms with E-state index in [1.165, 1.54) is 51.6 Å². The van der Waals surface area contributed by atoms with Gasteiger partial charge in [0.2, 0.25) is 0 Å². The molecule has 1 aliphatic carbocycles. The van der Waals surface area contributed by atoms with Gasteiger partial charge in [0.05, 0.1) is 0 Å². The smallest absolute Gasteiger partial charge is 0.0283 e. The van der Waals surface area contributed by atoms with Crippen molar-refractivity contribution in [2.75, 3.05) is 19.6 Å². The highest BCUT2D eigenvalue weighted by atomic mass is 15.2. The summed E-state index contributed by atoms with van der Waals surface area (Å²) in [6.07, 6.45) is 7.84. The molecule has 2 heteroatoms. The van der Waals surface area contributed by atoms with Crippen LogP contribution in [0.15, 0.2) is 0 Å². The number of piperidine rings is 1. The predicted molar refractivity (Wildman–Crippen MR) is 64.8 cm³/mol. The van der Waals surface area contributed by atoms with Gasteiger partial charge in [0.1, 0.15) is 0 Å². The Morgan fingerprint density at radius 1 is 1.00 bits per heavy atom. The lowest BCUT2D eigenvalue weighted by atomic mass is 9.82. The fraction of sp³-hybridized carbons (Fsp3) is 1.00. The molecular formula is C13H26N2. The zero-order chi connectivity index (χ0) is 10.9. The molecule has 1 saturated heterocycles. The number of hydrogen-bond donors (Lipinski definition) is 1. The van der Waals surface area contributed by atoms with Crippen LogP contribution >= 0.6 is 0 Å². The highest BCUT2D eigenvalue weighted by Gasteiger charge is 2.33. The van der Waals surface area contributed by atoms with Crippen molar-refractivity contribution in [1.82, 2.24) is 4.90 Å². The number of nitrogens with zero attached hydrogens (tertiary/aromatic N) is 1. The minimum atomic E-state index is 0.154. The summed E-state index contributed by atoms with van der Waals surface area (Å²) in [5.41, 5.74) is 7.13. The fourth-order valence-electron chi connectivity index (χ4n) is 3.00. The fourth-order valence-corrected chi connectivity index (χ4v) is 3.00. The molecule has 15 heavy (non-hydrogen) atoms. The molecule has 1 aliphatic heterocycles. The van der Waals surface area contributed by atoms with Crippen molar-refractivity contribution >= 4 is 0 Å². The number of nitrogens with two attached hydrogens (primary N) is 1. The maximum absolute atomic E-state index is 6.42. The van der Waals surface area contributed by atoms with Crippen LogP contribution in [0.3, 0.4) is 0 Å². The van der Waals surface area contributed by atoms with Gasteiger partial charge in [-0.15, -0.1) is 0 Å². The van der Waals surface area contributed by atoms with Gasteiger partial charge in [-0.25, -0.2) is 0 Å². The van der Waals surface area contributed by atoms with Crippen LogP contribution in [-0.2, 0) is 0 Å². The minimum Gasteiger partial charge on any atom is -0.324 e. The van der Waals surface area contributed by atoms with Gasteiger partial charge in [-0.2, -0.15) is 0 Å². The SMILES string of the molecule is CC1(C)CCN(CC2(N)CCCC2)CC1. The summed E-state index contributed by atoms with van der Waals surface area (Å²) in [4.78, 5) is 2.59. The Hall–Kier alpha value is -0.0800. The summed E-state index contributed by atoms with van der Waals surface area (Å²) in [6, 6.07) is 0. The Balaban J connectivity index is 1.81. The van der Waals surface area contributed by atoms with E-state index in [0.717, 1.165) is 6.54 Å². The molecule has 2 fully saturated rings. The molecule has 0 atom stereocenters. The summed E-state index contributed by atoms with van der Waals surface area (Å²) >= 11 is 0. The van der Waals surface area contributed by atoms with Crippen molar-refractivity contribution < 1.29 is 0 Å². The first-order valence-corrected chi connectivity index (χ1v) is 6.51. The molecular weight excluding hydrogens is 184 g/mol. The molecule has 0 aromatic rings. The average molecular weight is 210 g/mol. The van der Waals surface area contributed by atoms with Crippen molar-refractivity contribution in [3.63, 3.8) is 0 Å². The van der Waals surface area contributed by atoms with Crippen LogP contribution in [0, 0.1) is 5.41 Å². The molecule has 0 spiro atoms. The Labute approximate surface area is 94.2 Å². The Morgan fingerprint density at radius 3 is 2.07 bits per heavy atom. The van der Waals surface area contributed by atoms with E-state index in [1.807, 2.05) is 0 Å². The standard InChI is InChI=1S/C13H26N2/c1-12(2)7-9-15(10-8-12)11-13(14)5-3-4-6-13/h3-11,14H2,1-2H3. The van der Waals surface area contributed by atoms with Crippen molar-refractivity contribution in [3.05, 3.63) is 0 Å². The molecule has 0 unspecified atom stereocenters. The molecule has 0 bridgehead atoms. The van der Waals surface area contributed by atoms with Gasteiger partial charge in [0, 0.05) is 12.1 Å². The van der Waals surface area contributed by atoms with E-state index >= 15 is 0 Å². The van der Waals surface area contributed by atoms with E-state index in [4.69, 9.17) is 5.73 Å². The summed E-state index contributed by atoms with van der Waals surface area (Å²) in [7, 11) is 0. The second kappa shape index (κ2) is 4.06. The predicted octanol–water partition coefficient (Wildman–Crippen LogP) is 2.38. The number of hydrogen-bond acceptors (Lipinski definition) is 2. The van der Waals surface area contributed by atoms with Crippen LogP contribution in [-0.4, -0.2) is 30.1 Å². The van der Waals surface area contributed by atoms with Crippen LogP contribution in [0.4, 0.5) is 0 Å². The van der Waals surface area contributed by atoms with Crippen molar-refractivity contribution in [2.45, 2.75) is 57.9 Å². The van der Waals surface area contributed by atoms with Gasteiger partial charge in [0.25, 0.3) is 0 Å². The molecule has 2 aliphatic rings. The van der Waals surface area contributed by atoms with E-state index < -0.39 is 0 Å². The molecule has 1 heterocycles. The third-order valence-corrected chi connectivity index (χ3v) is 4.35. The van der Waals surface area contributed by atoms with Crippen LogP contribution in [0.1, 0.15) is 52.4 Å². The van der Waals surface area contributed by atoms with Crippen LogP contribution in [0.2, 0.25) is 0 Å². The first kappa shape index (κ1) is 11.4. The second-order valence-electron chi connectivity index (χ2n) is 6.51. The average Bonchev–Trinajstić information content (AvgIpc) is 2.57. The van der Waals surface area contributed by atoms with E-state index in [0.29, 0.717) is 5.41 Å². The van der Waals surface area contributed by atoms with Crippen molar-refractivity contribution in [2.24, 2.45) is 11.1 Å². The molecule has 2 nitrogen and oxygen atoms in total. The normalized spacial score (nSPS) is 30.6. The molecule has 2 rings (SSSR count). The summed E-state index contributed by atoms with van der Waals surface area (Å²) in [5, 5.41) is 0. The third kappa shape index (κ3) is 2.94. The number of likely N-dealkylation sites (tertiary alicyclic amines) is 1. The molecule has 88 valence electrons. The molecule has 0 aromatic heterocycles. The Kier molecular flexibility index (Phi) is 3.09. The quantitative estimate of drug-likeness (QED) is 0.758. The Morgan fingerprint density at radius 2 is 1.53 bits per heavy atom. The first-order valence-electron chi connectivity index (χ1n) is 6.51. The van der Waals surface area contributed by atoms with Crippen molar-refractivity contribution in [1.29, 1.82) is 0 Å². The second-order valence-corrected chi connectivity index (χ2v) is 6.51. The van der Waals surface area contributed by atoms with E-state index in [1.54, 1.807) is 0 Å². The zero-order valence-corrected chi connectivity index (χ0v) is 10.4. The van der Waals surface area contributed by atoms with Gasteiger partial charge in [-0.05, 0) is 44.2 Å². The third-order valence-electron chi connectivity index (χ3n) is 4.35. The van der Waals surface area contributed by atoms with Gasteiger partial charge >= 0.3 is 0 Å². The zero-order valence-electron chi connectivity index (χ0n) is 10.4. The number of rotatable bonds is 2. The lowest BCUT2D eigenvalue weighted by Crippen LogP contribution is -2.50. The van der Waals surface area contributed by atoms with Gasteiger partial charge in [-0.1, -0.05) is 26.7 Å². The molecule has 1 saturated carbocycles. The lowest BCUT2D eigenvalue weighted by molar-refractivity contribution is 0.109. The van der Waals surface area contributed by atoms with Gasteiger partial charge in [-0.3, -0.25) is 0 Å². The molecule has 0 aromatic carbocycles. The van der Waals surface area contributed by atoms with Crippen LogP contribution < -0.4 is 5.73 Å². The molecule has 2 N–H and O–H groups in total. The summed E-state index contributed by atoms with van der Waals surface area (Å²) in [6.45, 7) is 8.43. The highest BCUT2D eigenvalue weighted by molar-refractivity contribution is 4.93. The van der Waals surface area contributed by atoms with Gasteiger partial charge in [0.15, 0.2) is 0 Å². The van der Waals surface area contributed by atoms with E-state index in [2.05, 4.69) is 18.7 Å². The molecule has 0 radical (unpaired) electrons. The topological polar surface area (TPSA) is 29.3 Å². The summed E-state index contributed by atoms with van der Waals surface area (Å²) in [5.74, 6) is 0. The minimum absolute atomic E-state index is 0.154. The maximum Gasteiger partial charge on any atom is 0.0283 e. The molecule has 0 amide bonds.